The van der Waals surface area contributed by atoms with Crippen molar-refractivity contribution in [3.05, 3.63) is 70.7 Å². The zero-order valence-electron chi connectivity index (χ0n) is 14.6. The summed E-state index contributed by atoms with van der Waals surface area (Å²) in [6.45, 7) is 4.86. The van der Waals surface area contributed by atoms with Crippen LogP contribution in [0, 0.1) is 5.21 Å². The molecule has 1 aliphatic heterocycles. The van der Waals surface area contributed by atoms with E-state index in [0.717, 1.165) is 12.1 Å². The molecule has 0 saturated carbocycles. The number of likely N-dealkylation sites (tertiary alicyclic amines) is 1. The van der Waals surface area contributed by atoms with Crippen molar-refractivity contribution in [2.45, 2.75) is 45.3 Å². The second kappa shape index (κ2) is 8.12. The van der Waals surface area contributed by atoms with Crippen LogP contribution in [0.3, 0.4) is 0 Å². The fourth-order valence-electron chi connectivity index (χ4n) is 3.27. The van der Waals surface area contributed by atoms with Crippen LogP contribution in [0.1, 0.15) is 47.8 Å². The van der Waals surface area contributed by atoms with Gasteiger partial charge in [0.05, 0.1) is 0 Å². The Morgan fingerprint density at radius 3 is 2.68 bits per heavy atom. The van der Waals surface area contributed by atoms with E-state index in [2.05, 4.69) is 29.3 Å². The van der Waals surface area contributed by atoms with E-state index >= 15 is 0 Å². The lowest BCUT2D eigenvalue weighted by atomic mass is 10.0. The molecule has 5 heteroatoms. The minimum Gasteiger partial charge on any atom is -0.618 e. The lowest BCUT2D eigenvalue weighted by Gasteiger charge is -2.33. The van der Waals surface area contributed by atoms with E-state index in [0.29, 0.717) is 17.3 Å². The molecule has 0 aliphatic carbocycles. The number of carbonyl (C=O) groups is 1. The Labute approximate surface area is 148 Å². The summed E-state index contributed by atoms with van der Waals surface area (Å²) in [5, 5.41) is 14.4. The highest BCUT2D eigenvalue weighted by Crippen LogP contribution is 2.19. The van der Waals surface area contributed by atoms with Gasteiger partial charge in [-0.3, -0.25) is 9.69 Å². The first-order valence-electron chi connectivity index (χ1n) is 8.92. The van der Waals surface area contributed by atoms with Crippen molar-refractivity contribution in [2.24, 2.45) is 0 Å². The molecule has 0 radical (unpaired) electrons. The lowest BCUT2D eigenvalue weighted by molar-refractivity contribution is -0.607. The SMILES string of the molecule is CC1CCCCN1Cc1ccc(CNC(=O)c2cccc[n+]2[O-])cc1. The molecule has 2 heterocycles. The highest BCUT2D eigenvalue weighted by atomic mass is 16.5. The molecule has 0 bridgehead atoms. The predicted molar refractivity (Wildman–Crippen MR) is 96.7 cm³/mol. The fourth-order valence-corrected chi connectivity index (χ4v) is 3.27. The minimum atomic E-state index is -0.359. The molecule has 132 valence electrons. The smallest absolute Gasteiger partial charge is 0.317 e. The van der Waals surface area contributed by atoms with Crippen LogP contribution in [0.15, 0.2) is 48.7 Å². The van der Waals surface area contributed by atoms with Crippen LogP contribution in [0.4, 0.5) is 0 Å². The summed E-state index contributed by atoms with van der Waals surface area (Å²) in [6.07, 6.45) is 5.23. The third-order valence-corrected chi connectivity index (χ3v) is 4.86. The van der Waals surface area contributed by atoms with E-state index in [1.54, 1.807) is 12.1 Å². The van der Waals surface area contributed by atoms with E-state index in [9.17, 15) is 10.0 Å². The van der Waals surface area contributed by atoms with E-state index in [4.69, 9.17) is 0 Å². The van der Waals surface area contributed by atoms with Gasteiger partial charge >= 0.3 is 5.91 Å². The summed E-state index contributed by atoms with van der Waals surface area (Å²) < 4.78 is 0.582. The Balaban J connectivity index is 1.54. The van der Waals surface area contributed by atoms with Crippen molar-refractivity contribution in [2.75, 3.05) is 6.54 Å². The Morgan fingerprint density at radius 1 is 1.20 bits per heavy atom. The number of nitrogens with zero attached hydrogens (tertiary/aromatic N) is 2. The van der Waals surface area contributed by atoms with Crippen molar-refractivity contribution in [1.82, 2.24) is 10.2 Å². The molecule has 2 aromatic rings. The zero-order chi connectivity index (χ0) is 17.6. The van der Waals surface area contributed by atoms with Crippen LogP contribution in [-0.4, -0.2) is 23.4 Å². The average molecular weight is 339 g/mol. The number of nitrogens with one attached hydrogen (secondary N) is 1. The van der Waals surface area contributed by atoms with Gasteiger partial charge in [0.25, 0.3) is 5.69 Å². The Bertz CT molecular complexity index is 715. The fraction of sp³-hybridized carbons (Fsp3) is 0.400. The van der Waals surface area contributed by atoms with E-state index in [-0.39, 0.29) is 11.6 Å². The van der Waals surface area contributed by atoms with Gasteiger partial charge in [-0.15, -0.1) is 0 Å². The highest BCUT2D eigenvalue weighted by Gasteiger charge is 2.18. The largest absolute Gasteiger partial charge is 0.618 e. The summed E-state index contributed by atoms with van der Waals surface area (Å²) in [5.74, 6) is -0.359. The molecule has 1 unspecified atom stereocenters. The molecule has 1 aromatic carbocycles. The number of aromatic nitrogens is 1. The first kappa shape index (κ1) is 17.4. The first-order valence-corrected chi connectivity index (χ1v) is 8.92. The number of hydrogen-bond acceptors (Lipinski definition) is 3. The second-order valence-corrected chi connectivity index (χ2v) is 6.73. The van der Waals surface area contributed by atoms with Crippen molar-refractivity contribution in [3.8, 4) is 0 Å². The summed E-state index contributed by atoms with van der Waals surface area (Å²) in [5.41, 5.74) is 2.43. The van der Waals surface area contributed by atoms with Crippen molar-refractivity contribution in [3.63, 3.8) is 0 Å². The molecular formula is C20H25N3O2. The molecule has 0 spiro atoms. The number of hydrogen-bond donors (Lipinski definition) is 1. The first-order chi connectivity index (χ1) is 12.1. The van der Waals surface area contributed by atoms with Gasteiger partial charge in [-0.1, -0.05) is 30.7 Å². The predicted octanol–water partition coefficient (Wildman–Crippen LogP) is 2.62. The van der Waals surface area contributed by atoms with Crippen LogP contribution >= 0.6 is 0 Å². The minimum absolute atomic E-state index is 0.109. The number of carbonyl (C=O) groups excluding carboxylic acids is 1. The van der Waals surface area contributed by atoms with Crippen molar-refractivity contribution >= 4 is 5.91 Å². The van der Waals surface area contributed by atoms with Gasteiger partial charge in [0.1, 0.15) is 0 Å². The molecule has 1 aliphatic rings. The van der Waals surface area contributed by atoms with Gasteiger partial charge in [0.15, 0.2) is 6.20 Å². The standard InChI is InChI=1S/C20H25N3O2/c1-16-6-2-4-12-22(16)15-18-10-8-17(9-11-18)14-21-20(24)19-7-3-5-13-23(19)25/h3,5,7-11,13,16H,2,4,6,12,14-15H2,1H3,(H,21,24). The molecule has 1 aromatic heterocycles. The Hall–Kier alpha value is -2.40. The van der Waals surface area contributed by atoms with Gasteiger partial charge in [-0.05, 0) is 43.5 Å². The average Bonchev–Trinajstić information content (AvgIpc) is 2.63. The van der Waals surface area contributed by atoms with Crippen LogP contribution in [0.25, 0.3) is 0 Å². The van der Waals surface area contributed by atoms with Crippen LogP contribution in [0.2, 0.25) is 0 Å². The second-order valence-electron chi connectivity index (χ2n) is 6.73. The molecule has 1 fully saturated rings. The van der Waals surface area contributed by atoms with E-state index in [1.807, 2.05) is 12.1 Å². The number of piperidine rings is 1. The number of pyridine rings is 1. The molecule has 1 saturated heterocycles. The molecule has 5 nitrogen and oxygen atoms in total. The van der Waals surface area contributed by atoms with Gasteiger partial charge in [0, 0.05) is 31.3 Å². The van der Waals surface area contributed by atoms with Crippen LogP contribution in [0.5, 0.6) is 0 Å². The molecule has 1 amide bonds. The highest BCUT2D eigenvalue weighted by molar-refractivity contribution is 5.90. The maximum atomic E-state index is 12.1. The third kappa shape index (κ3) is 4.57. The van der Waals surface area contributed by atoms with Crippen LogP contribution in [-0.2, 0) is 13.1 Å². The third-order valence-electron chi connectivity index (χ3n) is 4.86. The van der Waals surface area contributed by atoms with E-state index in [1.165, 1.54) is 43.6 Å². The van der Waals surface area contributed by atoms with Gasteiger partial charge in [-0.25, -0.2) is 0 Å². The van der Waals surface area contributed by atoms with Gasteiger partial charge < -0.3 is 10.5 Å². The number of benzene rings is 1. The maximum absolute atomic E-state index is 12.1. The molecule has 3 rings (SSSR count). The monoisotopic (exact) mass is 339 g/mol. The van der Waals surface area contributed by atoms with Crippen molar-refractivity contribution < 1.29 is 9.52 Å². The molecular weight excluding hydrogens is 314 g/mol. The molecule has 1 atom stereocenters. The zero-order valence-corrected chi connectivity index (χ0v) is 14.6. The van der Waals surface area contributed by atoms with Gasteiger partial charge in [-0.2, -0.15) is 4.73 Å². The maximum Gasteiger partial charge on any atom is 0.317 e. The summed E-state index contributed by atoms with van der Waals surface area (Å²) in [6, 6.07) is 13.8. The Morgan fingerprint density at radius 2 is 1.96 bits per heavy atom. The van der Waals surface area contributed by atoms with E-state index < -0.39 is 0 Å². The molecule has 1 N–H and O–H groups in total. The van der Waals surface area contributed by atoms with Crippen molar-refractivity contribution in [1.29, 1.82) is 0 Å². The lowest BCUT2D eigenvalue weighted by Crippen LogP contribution is -2.38. The quantitative estimate of drug-likeness (QED) is 0.673. The topological polar surface area (TPSA) is 59.3 Å². The summed E-state index contributed by atoms with van der Waals surface area (Å²) >= 11 is 0. The van der Waals surface area contributed by atoms with Gasteiger partial charge in [0.2, 0.25) is 0 Å². The summed E-state index contributed by atoms with van der Waals surface area (Å²) in [4.78, 5) is 14.6. The normalized spacial score (nSPS) is 18.0. The molecule has 25 heavy (non-hydrogen) atoms. The summed E-state index contributed by atoms with van der Waals surface area (Å²) in [7, 11) is 0. The van der Waals surface area contributed by atoms with Crippen LogP contribution < -0.4 is 10.0 Å². The number of amides is 1. The Kier molecular flexibility index (Phi) is 5.66. The number of rotatable bonds is 5.